The molecule has 1 aromatic carbocycles. The van der Waals surface area contributed by atoms with Gasteiger partial charge in [-0.1, -0.05) is 29.7 Å². The molecule has 2 nitrogen and oxygen atoms in total. The molecule has 0 aliphatic heterocycles. The smallest absolute Gasteiger partial charge is 0.139 e. The van der Waals surface area contributed by atoms with Gasteiger partial charge in [0.2, 0.25) is 0 Å². The van der Waals surface area contributed by atoms with E-state index in [0.29, 0.717) is 16.4 Å². The van der Waals surface area contributed by atoms with Gasteiger partial charge in [-0.15, -0.1) is 6.42 Å². The van der Waals surface area contributed by atoms with Crippen molar-refractivity contribution in [2.75, 3.05) is 5.73 Å². The zero-order valence-electron chi connectivity index (χ0n) is 8.44. The van der Waals surface area contributed by atoms with Crippen molar-refractivity contribution < 1.29 is 0 Å². The maximum absolute atomic E-state index is 5.81. The average Bonchev–Trinajstić information content (AvgIpc) is 2.31. The Labute approximate surface area is 99.1 Å². The summed E-state index contributed by atoms with van der Waals surface area (Å²) in [6, 6.07) is 9.31. The molecule has 2 rings (SSSR count). The van der Waals surface area contributed by atoms with Crippen LogP contribution in [0.5, 0.6) is 0 Å². The van der Waals surface area contributed by atoms with Gasteiger partial charge in [0.15, 0.2) is 0 Å². The number of aromatic nitrogens is 1. The molecule has 16 heavy (non-hydrogen) atoms. The summed E-state index contributed by atoms with van der Waals surface area (Å²) >= 11 is 5.81. The first kappa shape index (κ1) is 10.5. The summed E-state index contributed by atoms with van der Waals surface area (Å²) in [7, 11) is 0. The predicted octanol–water partition coefficient (Wildman–Crippen LogP) is 2.97. The molecule has 0 aliphatic carbocycles. The number of terminal acetylenes is 1. The number of pyridine rings is 1. The molecule has 0 atom stereocenters. The van der Waals surface area contributed by atoms with Crippen LogP contribution < -0.4 is 5.73 Å². The standard InChI is InChI=1S/C13H9ClN2/c1-2-9-7-11(8-16-13(9)15)10-3-5-12(14)6-4-10/h1,3-8H,(H2,15,16). The third-order valence-electron chi connectivity index (χ3n) is 2.25. The molecule has 0 saturated heterocycles. The number of nitrogens with zero attached hydrogens (tertiary/aromatic N) is 1. The quantitative estimate of drug-likeness (QED) is 0.763. The van der Waals surface area contributed by atoms with E-state index in [0.717, 1.165) is 11.1 Å². The molecule has 1 aromatic heterocycles. The van der Waals surface area contributed by atoms with Crippen LogP contribution in [0, 0.1) is 12.3 Å². The first-order valence-corrected chi connectivity index (χ1v) is 5.06. The van der Waals surface area contributed by atoms with Crippen LogP contribution in [0.15, 0.2) is 36.5 Å². The Kier molecular flexibility index (Phi) is 2.80. The summed E-state index contributed by atoms with van der Waals surface area (Å²) in [5.74, 6) is 2.88. The van der Waals surface area contributed by atoms with E-state index in [2.05, 4.69) is 10.9 Å². The Balaban J connectivity index is 2.49. The van der Waals surface area contributed by atoms with Gasteiger partial charge >= 0.3 is 0 Å². The number of halogens is 1. The second-order valence-corrected chi connectivity index (χ2v) is 3.74. The van der Waals surface area contributed by atoms with Gasteiger partial charge in [0.25, 0.3) is 0 Å². The highest BCUT2D eigenvalue weighted by Gasteiger charge is 2.02. The summed E-state index contributed by atoms with van der Waals surface area (Å²) in [5.41, 5.74) is 8.17. The SMILES string of the molecule is C#Cc1cc(-c2ccc(Cl)cc2)cnc1N. The van der Waals surface area contributed by atoms with Crippen LogP contribution in [0.25, 0.3) is 11.1 Å². The number of nitrogens with two attached hydrogens (primary N) is 1. The van der Waals surface area contributed by atoms with E-state index >= 15 is 0 Å². The number of nitrogen functional groups attached to an aromatic ring is 1. The van der Waals surface area contributed by atoms with Crippen molar-refractivity contribution in [2.45, 2.75) is 0 Å². The van der Waals surface area contributed by atoms with Crippen LogP contribution in [0.3, 0.4) is 0 Å². The van der Waals surface area contributed by atoms with Crippen LogP contribution in [0.2, 0.25) is 5.02 Å². The number of rotatable bonds is 1. The summed E-state index contributed by atoms with van der Waals surface area (Å²) in [4.78, 5) is 4.05. The van der Waals surface area contributed by atoms with Gasteiger partial charge in [0.05, 0.1) is 5.56 Å². The molecule has 0 amide bonds. The van der Waals surface area contributed by atoms with E-state index in [1.807, 2.05) is 30.3 Å². The fourth-order valence-corrected chi connectivity index (χ4v) is 1.52. The van der Waals surface area contributed by atoms with Crippen LogP contribution >= 0.6 is 11.6 Å². The number of hydrogen-bond acceptors (Lipinski definition) is 2. The average molecular weight is 229 g/mol. The molecule has 3 heteroatoms. The number of anilines is 1. The van der Waals surface area contributed by atoms with Crippen LogP contribution in [-0.4, -0.2) is 4.98 Å². The first-order valence-electron chi connectivity index (χ1n) is 4.69. The lowest BCUT2D eigenvalue weighted by molar-refractivity contribution is 1.32. The normalized spacial score (nSPS) is 9.75. The molecule has 0 radical (unpaired) electrons. The third kappa shape index (κ3) is 2.00. The Bertz CT molecular complexity index is 553. The summed E-state index contributed by atoms with van der Waals surface area (Å²) in [6.45, 7) is 0. The Morgan fingerprint density at radius 2 is 1.88 bits per heavy atom. The van der Waals surface area contributed by atoms with Gasteiger partial charge in [-0.2, -0.15) is 0 Å². The molecular weight excluding hydrogens is 220 g/mol. The Morgan fingerprint density at radius 1 is 1.19 bits per heavy atom. The van der Waals surface area contributed by atoms with E-state index < -0.39 is 0 Å². The highest BCUT2D eigenvalue weighted by molar-refractivity contribution is 6.30. The molecular formula is C13H9ClN2. The molecule has 0 spiro atoms. The van der Waals surface area contributed by atoms with Crippen LogP contribution in [0.1, 0.15) is 5.56 Å². The van der Waals surface area contributed by atoms with Gasteiger partial charge in [-0.05, 0) is 23.8 Å². The fraction of sp³-hybridized carbons (Fsp3) is 0. The van der Waals surface area contributed by atoms with Crippen LogP contribution in [0.4, 0.5) is 5.82 Å². The molecule has 0 bridgehead atoms. The lowest BCUT2D eigenvalue weighted by Gasteiger charge is -2.03. The molecule has 0 saturated carbocycles. The van der Waals surface area contributed by atoms with E-state index in [4.69, 9.17) is 23.8 Å². The summed E-state index contributed by atoms with van der Waals surface area (Å²) in [5, 5.41) is 0.698. The Hall–Kier alpha value is -1.98. The Morgan fingerprint density at radius 3 is 2.50 bits per heavy atom. The molecule has 1 heterocycles. The molecule has 0 unspecified atom stereocenters. The number of benzene rings is 1. The lowest BCUT2D eigenvalue weighted by atomic mass is 10.1. The topological polar surface area (TPSA) is 38.9 Å². The monoisotopic (exact) mass is 228 g/mol. The zero-order valence-corrected chi connectivity index (χ0v) is 9.20. The minimum absolute atomic E-state index is 0.375. The minimum Gasteiger partial charge on any atom is -0.383 e. The highest BCUT2D eigenvalue weighted by atomic mass is 35.5. The molecule has 0 fully saturated rings. The third-order valence-corrected chi connectivity index (χ3v) is 2.50. The van der Waals surface area contributed by atoms with Crippen molar-refractivity contribution >= 4 is 17.4 Å². The van der Waals surface area contributed by atoms with Crippen molar-refractivity contribution in [1.82, 2.24) is 4.98 Å². The molecule has 2 aromatic rings. The van der Waals surface area contributed by atoms with E-state index in [9.17, 15) is 0 Å². The predicted molar refractivity (Wildman–Crippen MR) is 67.0 cm³/mol. The van der Waals surface area contributed by atoms with Crippen LogP contribution in [-0.2, 0) is 0 Å². The summed E-state index contributed by atoms with van der Waals surface area (Å²) < 4.78 is 0. The largest absolute Gasteiger partial charge is 0.383 e. The molecule has 78 valence electrons. The first-order chi connectivity index (χ1) is 7.70. The maximum Gasteiger partial charge on any atom is 0.139 e. The second-order valence-electron chi connectivity index (χ2n) is 3.31. The van der Waals surface area contributed by atoms with Crippen molar-refractivity contribution in [3.63, 3.8) is 0 Å². The van der Waals surface area contributed by atoms with Crippen molar-refractivity contribution in [3.8, 4) is 23.5 Å². The zero-order chi connectivity index (χ0) is 11.5. The van der Waals surface area contributed by atoms with Crippen molar-refractivity contribution in [3.05, 3.63) is 47.1 Å². The molecule has 0 aliphatic rings. The van der Waals surface area contributed by atoms with Gasteiger partial charge < -0.3 is 5.73 Å². The van der Waals surface area contributed by atoms with Gasteiger partial charge in [-0.3, -0.25) is 0 Å². The van der Waals surface area contributed by atoms with E-state index in [-0.39, 0.29) is 0 Å². The minimum atomic E-state index is 0.375. The van der Waals surface area contributed by atoms with Crippen molar-refractivity contribution in [1.29, 1.82) is 0 Å². The maximum atomic E-state index is 5.81. The lowest BCUT2D eigenvalue weighted by Crippen LogP contribution is -1.94. The number of hydrogen-bond donors (Lipinski definition) is 1. The van der Waals surface area contributed by atoms with Crippen molar-refractivity contribution in [2.24, 2.45) is 0 Å². The van der Waals surface area contributed by atoms with E-state index in [1.54, 1.807) is 6.20 Å². The van der Waals surface area contributed by atoms with Gasteiger partial charge in [0.1, 0.15) is 5.82 Å². The molecule has 2 N–H and O–H groups in total. The summed E-state index contributed by atoms with van der Waals surface area (Å²) in [6.07, 6.45) is 7.02. The second kappa shape index (κ2) is 4.26. The highest BCUT2D eigenvalue weighted by Crippen LogP contribution is 2.23. The van der Waals surface area contributed by atoms with Gasteiger partial charge in [0, 0.05) is 16.8 Å². The fourth-order valence-electron chi connectivity index (χ4n) is 1.39. The van der Waals surface area contributed by atoms with Gasteiger partial charge in [-0.25, -0.2) is 4.98 Å². The van der Waals surface area contributed by atoms with E-state index in [1.165, 1.54) is 0 Å².